The van der Waals surface area contributed by atoms with Crippen LogP contribution in [-0.2, 0) is 6.54 Å². The van der Waals surface area contributed by atoms with Crippen molar-refractivity contribution in [2.45, 2.75) is 20.4 Å². The van der Waals surface area contributed by atoms with Crippen LogP contribution in [0.15, 0.2) is 16.7 Å². The zero-order valence-corrected chi connectivity index (χ0v) is 12.0. The summed E-state index contributed by atoms with van der Waals surface area (Å²) in [5.74, 6) is 0.994. The van der Waals surface area contributed by atoms with Crippen molar-refractivity contribution in [2.75, 3.05) is 11.1 Å². The smallest absolute Gasteiger partial charge is 0.226 e. The molecule has 4 nitrogen and oxygen atoms in total. The van der Waals surface area contributed by atoms with E-state index in [1.807, 2.05) is 0 Å². The van der Waals surface area contributed by atoms with Gasteiger partial charge in [0.05, 0.1) is 6.54 Å². The van der Waals surface area contributed by atoms with E-state index in [4.69, 9.17) is 5.73 Å². The Balaban J connectivity index is 2.07. The molecule has 0 atom stereocenters. The van der Waals surface area contributed by atoms with Gasteiger partial charge < -0.3 is 11.1 Å². The average Bonchev–Trinajstić information content (AvgIpc) is 2.54. The van der Waals surface area contributed by atoms with Gasteiger partial charge in [0.2, 0.25) is 5.95 Å². The molecule has 90 valence electrons. The van der Waals surface area contributed by atoms with E-state index in [0.717, 1.165) is 6.54 Å². The first-order valence-electron chi connectivity index (χ1n) is 5.14. The molecular weight excluding hydrogens is 300 g/mol. The molecule has 3 N–H and O–H groups in total. The third-order valence-corrected chi connectivity index (χ3v) is 3.91. The van der Waals surface area contributed by atoms with Gasteiger partial charge in [0.25, 0.3) is 0 Å². The predicted octanol–water partition coefficient (Wildman–Crippen LogP) is 3.11. The third-order valence-electron chi connectivity index (χ3n) is 2.35. The van der Waals surface area contributed by atoms with Crippen molar-refractivity contribution in [3.05, 3.63) is 32.1 Å². The Morgan fingerprint density at radius 1 is 1.35 bits per heavy atom. The van der Waals surface area contributed by atoms with Gasteiger partial charge in [-0.3, -0.25) is 0 Å². The van der Waals surface area contributed by atoms with Crippen LogP contribution < -0.4 is 11.1 Å². The molecule has 2 aromatic rings. The van der Waals surface area contributed by atoms with Gasteiger partial charge in [-0.15, -0.1) is 11.3 Å². The van der Waals surface area contributed by atoms with E-state index in [-0.39, 0.29) is 0 Å². The number of aromatic nitrogens is 2. The number of hydrogen-bond acceptors (Lipinski definition) is 5. The summed E-state index contributed by atoms with van der Waals surface area (Å²) in [6, 6.07) is 3.85. The number of aryl methyl sites for hydroxylation is 2. The average molecular weight is 313 g/mol. The molecule has 0 fully saturated rings. The zero-order valence-electron chi connectivity index (χ0n) is 9.62. The molecule has 0 aliphatic heterocycles. The van der Waals surface area contributed by atoms with Crippen molar-refractivity contribution >= 4 is 39.0 Å². The standard InChI is InChI=1S/C11H13BrN4S/c1-6-3-8(17-7(6)2)5-14-11-15-9(12)4-10(13)16-11/h3-4H,5H2,1-2H3,(H3,13,14,15,16). The second-order valence-electron chi connectivity index (χ2n) is 3.74. The highest BCUT2D eigenvalue weighted by Gasteiger charge is 2.04. The van der Waals surface area contributed by atoms with E-state index in [1.54, 1.807) is 17.4 Å². The summed E-state index contributed by atoms with van der Waals surface area (Å²) in [5.41, 5.74) is 6.96. The highest BCUT2D eigenvalue weighted by molar-refractivity contribution is 9.10. The van der Waals surface area contributed by atoms with Gasteiger partial charge in [-0.05, 0) is 41.4 Å². The number of thiophene rings is 1. The Hall–Kier alpha value is -1.14. The van der Waals surface area contributed by atoms with E-state index in [0.29, 0.717) is 16.4 Å². The maximum Gasteiger partial charge on any atom is 0.226 e. The monoisotopic (exact) mass is 312 g/mol. The summed E-state index contributed by atoms with van der Waals surface area (Å²) < 4.78 is 0.686. The molecule has 0 aromatic carbocycles. The molecule has 0 saturated heterocycles. The molecule has 0 bridgehead atoms. The molecule has 0 unspecified atom stereocenters. The van der Waals surface area contributed by atoms with Crippen LogP contribution in [-0.4, -0.2) is 9.97 Å². The van der Waals surface area contributed by atoms with Crippen LogP contribution in [0.3, 0.4) is 0 Å². The highest BCUT2D eigenvalue weighted by Crippen LogP contribution is 2.21. The molecule has 2 rings (SSSR count). The second kappa shape index (κ2) is 5.01. The molecule has 6 heteroatoms. The topological polar surface area (TPSA) is 63.8 Å². The van der Waals surface area contributed by atoms with E-state index < -0.39 is 0 Å². The number of anilines is 2. The van der Waals surface area contributed by atoms with E-state index in [2.05, 4.69) is 51.1 Å². The van der Waals surface area contributed by atoms with Crippen LogP contribution in [0.4, 0.5) is 11.8 Å². The molecule has 0 aliphatic carbocycles. The maximum absolute atomic E-state index is 5.64. The summed E-state index contributed by atoms with van der Waals surface area (Å²) in [7, 11) is 0. The fourth-order valence-corrected chi connectivity index (χ4v) is 2.81. The Morgan fingerprint density at radius 3 is 2.71 bits per heavy atom. The van der Waals surface area contributed by atoms with Crippen molar-refractivity contribution < 1.29 is 0 Å². The molecule has 2 heterocycles. The lowest BCUT2D eigenvalue weighted by molar-refractivity contribution is 1.06. The lowest BCUT2D eigenvalue weighted by Crippen LogP contribution is -2.04. The minimum Gasteiger partial charge on any atom is -0.383 e. The van der Waals surface area contributed by atoms with Gasteiger partial charge in [0.15, 0.2) is 0 Å². The van der Waals surface area contributed by atoms with Gasteiger partial charge >= 0.3 is 0 Å². The number of nitrogens with two attached hydrogens (primary N) is 1. The molecule has 2 aromatic heterocycles. The fourth-order valence-electron chi connectivity index (χ4n) is 1.42. The van der Waals surface area contributed by atoms with Crippen molar-refractivity contribution in [2.24, 2.45) is 0 Å². The molecule has 0 radical (unpaired) electrons. The molecule has 0 aliphatic rings. The molecular formula is C11H13BrN4S. The van der Waals surface area contributed by atoms with Crippen molar-refractivity contribution in [1.29, 1.82) is 0 Å². The number of hydrogen-bond donors (Lipinski definition) is 2. The normalized spacial score (nSPS) is 10.5. The summed E-state index contributed by atoms with van der Waals surface area (Å²) in [6.45, 7) is 4.95. The molecule has 0 spiro atoms. The Labute approximate surface area is 112 Å². The summed E-state index contributed by atoms with van der Waals surface area (Å²) >= 11 is 5.07. The lowest BCUT2D eigenvalue weighted by Gasteiger charge is -2.04. The largest absolute Gasteiger partial charge is 0.383 e. The van der Waals surface area contributed by atoms with Crippen LogP contribution in [0.2, 0.25) is 0 Å². The fraction of sp³-hybridized carbons (Fsp3) is 0.273. The number of halogens is 1. The van der Waals surface area contributed by atoms with Crippen LogP contribution in [0.25, 0.3) is 0 Å². The van der Waals surface area contributed by atoms with Crippen LogP contribution in [0.1, 0.15) is 15.3 Å². The van der Waals surface area contributed by atoms with Crippen LogP contribution in [0.5, 0.6) is 0 Å². The van der Waals surface area contributed by atoms with Gasteiger partial charge in [-0.2, -0.15) is 4.98 Å². The summed E-state index contributed by atoms with van der Waals surface area (Å²) in [6.07, 6.45) is 0. The van der Waals surface area contributed by atoms with E-state index >= 15 is 0 Å². The predicted molar refractivity (Wildman–Crippen MR) is 75.3 cm³/mol. The Bertz CT molecular complexity index is 499. The van der Waals surface area contributed by atoms with Gasteiger partial charge in [-0.1, -0.05) is 0 Å². The summed E-state index contributed by atoms with van der Waals surface area (Å²) in [5, 5.41) is 3.16. The first-order chi connectivity index (χ1) is 8.04. The first-order valence-corrected chi connectivity index (χ1v) is 6.75. The van der Waals surface area contributed by atoms with Crippen molar-refractivity contribution in [3.8, 4) is 0 Å². The van der Waals surface area contributed by atoms with E-state index in [1.165, 1.54) is 15.3 Å². The SMILES string of the molecule is Cc1cc(CNc2nc(N)cc(Br)n2)sc1C. The van der Waals surface area contributed by atoms with Crippen molar-refractivity contribution in [1.82, 2.24) is 9.97 Å². The number of nitrogens with zero attached hydrogens (tertiary/aromatic N) is 2. The maximum atomic E-state index is 5.64. The number of nitrogens with one attached hydrogen (secondary N) is 1. The quantitative estimate of drug-likeness (QED) is 0.855. The third kappa shape index (κ3) is 3.17. The highest BCUT2D eigenvalue weighted by atomic mass is 79.9. The number of nitrogen functional groups attached to an aromatic ring is 1. The Kier molecular flexibility index (Phi) is 3.63. The lowest BCUT2D eigenvalue weighted by atomic mass is 10.3. The Morgan fingerprint density at radius 2 is 2.12 bits per heavy atom. The van der Waals surface area contributed by atoms with Gasteiger partial charge in [0, 0.05) is 15.8 Å². The van der Waals surface area contributed by atoms with Crippen LogP contribution >= 0.6 is 27.3 Å². The number of rotatable bonds is 3. The first kappa shape index (κ1) is 12.3. The summed E-state index contributed by atoms with van der Waals surface area (Å²) in [4.78, 5) is 10.9. The minimum atomic E-state index is 0.452. The second-order valence-corrected chi connectivity index (χ2v) is 5.90. The molecule has 0 amide bonds. The van der Waals surface area contributed by atoms with E-state index in [9.17, 15) is 0 Å². The van der Waals surface area contributed by atoms with Crippen LogP contribution in [0, 0.1) is 13.8 Å². The van der Waals surface area contributed by atoms with Gasteiger partial charge in [0.1, 0.15) is 10.4 Å². The van der Waals surface area contributed by atoms with Gasteiger partial charge in [-0.25, -0.2) is 4.98 Å². The zero-order chi connectivity index (χ0) is 12.4. The molecule has 0 saturated carbocycles. The molecule has 17 heavy (non-hydrogen) atoms. The minimum absolute atomic E-state index is 0.452. The van der Waals surface area contributed by atoms with Crippen molar-refractivity contribution in [3.63, 3.8) is 0 Å².